The van der Waals surface area contributed by atoms with Crippen LogP contribution in [0, 0.1) is 5.92 Å². The van der Waals surface area contributed by atoms with Crippen LogP contribution in [0.2, 0.25) is 0 Å². The Hall–Kier alpha value is -1.15. The van der Waals surface area contributed by atoms with E-state index in [0.29, 0.717) is 37.5 Å². The molecule has 1 heterocycles. The van der Waals surface area contributed by atoms with E-state index in [-0.39, 0.29) is 29.6 Å². The third-order valence-electron chi connectivity index (χ3n) is 6.70. The van der Waals surface area contributed by atoms with Gasteiger partial charge in [-0.25, -0.2) is 8.42 Å². The summed E-state index contributed by atoms with van der Waals surface area (Å²) in [7, 11) is -3.15. The van der Waals surface area contributed by atoms with E-state index in [1.807, 2.05) is 37.3 Å². The summed E-state index contributed by atoms with van der Waals surface area (Å²) in [5.74, 6) is 0.793. The van der Waals surface area contributed by atoms with Crippen molar-refractivity contribution in [2.45, 2.75) is 57.9 Å². The number of carbonyl (C=O) groups is 1. The average molecular weight is 472 g/mol. The Morgan fingerprint density at radius 2 is 1.81 bits per heavy atom. The first-order valence-electron chi connectivity index (χ1n) is 11.4. The lowest BCUT2D eigenvalue weighted by Crippen LogP contribution is -2.62. The minimum atomic E-state index is -3.15. The molecule has 1 amide bonds. The molecular formula is C23H38ClN3O3S. The standard InChI is InChI=1S/C23H37N3O3S.ClH/c1-3-17-30(28,29)26-15-13-25(14-16-26)23(12-8-7-9-20(2)18-23)19-24-22(27)21-10-5-4-6-11-21;/h4-6,10-11,20H,3,7-9,12-19H2,1-2H3,(H,24,27);1H. The van der Waals surface area contributed by atoms with E-state index in [0.717, 1.165) is 32.4 Å². The van der Waals surface area contributed by atoms with Crippen molar-refractivity contribution in [3.63, 3.8) is 0 Å². The lowest BCUT2D eigenvalue weighted by atomic mass is 9.83. The highest BCUT2D eigenvalue weighted by Gasteiger charge is 2.41. The molecule has 1 aromatic rings. The number of halogens is 1. The topological polar surface area (TPSA) is 69.7 Å². The van der Waals surface area contributed by atoms with Crippen LogP contribution < -0.4 is 5.32 Å². The van der Waals surface area contributed by atoms with Crippen molar-refractivity contribution in [1.29, 1.82) is 0 Å². The fourth-order valence-corrected chi connectivity index (χ4v) is 6.62. The van der Waals surface area contributed by atoms with E-state index in [4.69, 9.17) is 0 Å². The molecule has 1 aliphatic heterocycles. The van der Waals surface area contributed by atoms with E-state index in [1.165, 1.54) is 12.8 Å². The minimum absolute atomic E-state index is 0. The number of amides is 1. The Labute approximate surface area is 194 Å². The Morgan fingerprint density at radius 1 is 1.13 bits per heavy atom. The number of nitrogens with one attached hydrogen (secondary N) is 1. The van der Waals surface area contributed by atoms with Crippen LogP contribution in [0.4, 0.5) is 0 Å². The summed E-state index contributed by atoms with van der Waals surface area (Å²) < 4.78 is 26.6. The summed E-state index contributed by atoms with van der Waals surface area (Å²) in [4.78, 5) is 15.2. The van der Waals surface area contributed by atoms with Crippen molar-refractivity contribution in [2.75, 3.05) is 38.5 Å². The molecule has 0 aromatic heterocycles. The number of nitrogens with zero attached hydrogens (tertiary/aromatic N) is 2. The predicted octanol–water partition coefficient (Wildman–Crippen LogP) is 3.53. The van der Waals surface area contributed by atoms with E-state index < -0.39 is 10.0 Å². The molecule has 0 radical (unpaired) electrons. The lowest BCUT2D eigenvalue weighted by molar-refractivity contribution is 0.0321. The van der Waals surface area contributed by atoms with Crippen LogP contribution in [0.15, 0.2) is 30.3 Å². The Bertz CT molecular complexity index is 798. The van der Waals surface area contributed by atoms with Gasteiger partial charge in [-0.1, -0.05) is 51.3 Å². The minimum Gasteiger partial charge on any atom is -0.350 e. The molecule has 1 saturated carbocycles. The summed E-state index contributed by atoms with van der Waals surface area (Å²) in [6.07, 6.45) is 6.34. The third kappa shape index (κ3) is 6.67. The van der Waals surface area contributed by atoms with Gasteiger partial charge in [-0.3, -0.25) is 9.69 Å². The summed E-state index contributed by atoms with van der Waals surface area (Å²) in [5, 5.41) is 3.20. The average Bonchev–Trinajstić information content (AvgIpc) is 2.94. The molecule has 176 valence electrons. The molecule has 1 saturated heterocycles. The maximum atomic E-state index is 12.7. The first-order valence-corrected chi connectivity index (χ1v) is 13.0. The normalized spacial score (nSPS) is 25.9. The molecule has 2 fully saturated rings. The number of hydrogen-bond acceptors (Lipinski definition) is 4. The van der Waals surface area contributed by atoms with Gasteiger partial charge >= 0.3 is 0 Å². The van der Waals surface area contributed by atoms with E-state index in [9.17, 15) is 13.2 Å². The van der Waals surface area contributed by atoms with Gasteiger partial charge in [0.1, 0.15) is 0 Å². The fourth-order valence-electron chi connectivity index (χ4n) is 5.12. The van der Waals surface area contributed by atoms with E-state index >= 15 is 0 Å². The van der Waals surface area contributed by atoms with Crippen molar-refractivity contribution in [3.05, 3.63) is 35.9 Å². The molecule has 1 aliphatic carbocycles. The highest BCUT2D eigenvalue weighted by Crippen LogP contribution is 2.36. The number of sulfonamides is 1. The molecule has 0 spiro atoms. The van der Waals surface area contributed by atoms with Crippen LogP contribution in [0.25, 0.3) is 0 Å². The van der Waals surface area contributed by atoms with Gasteiger partial charge in [-0.05, 0) is 37.3 Å². The molecule has 2 unspecified atom stereocenters. The van der Waals surface area contributed by atoms with Gasteiger partial charge in [0, 0.05) is 43.8 Å². The highest BCUT2D eigenvalue weighted by atomic mass is 35.5. The number of carbonyl (C=O) groups excluding carboxylic acids is 1. The molecule has 2 atom stereocenters. The van der Waals surface area contributed by atoms with Crippen LogP contribution in [-0.2, 0) is 10.0 Å². The van der Waals surface area contributed by atoms with Crippen molar-refractivity contribution in [3.8, 4) is 0 Å². The van der Waals surface area contributed by atoms with Crippen LogP contribution in [0.5, 0.6) is 0 Å². The monoisotopic (exact) mass is 471 g/mol. The first kappa shape index (κ1) is 26.1. The molecule has 3 rings (SSSR count). The quantitative estimate of drug-likeness (QED) is 0.617. The smallest absolute Gasteiger partial charge is 0.251 e. The van der Waals surface area contributed by atoms with E-state index in [1.54, 1.807) is 4.31 Å². The number of piperazine rings is 1. The van der Waals surface area contributed by atoms with Crippen molar-refractivity contribution in [1.82, 2.24) is 14.5 Å². The number of rotatable bonds is 7. The first-order chi connectivity index (χ1) is 14.4. The lowest BCUT2D eigenvalue weighted by Gasteiger charge is -2.48. The molecule has 2 aliphatic rings. The second kappa shape index (κ2) is 11.6. The van der Waals surface area contributed by atoms with Gasteiger partial charge in [0.15, 0.2) is 0 Å². The van der Waals surface area contributed by atoms with Crippen molar-refractivity contribution in [2.24, 2.45) is 5.92 Å². The van der Waals surface area contributed by atoms with Crippen molar-refractivity contribution < 1.29 is 13.2 Å². The molecule has 1 N–H and O–H groups in total. The SMILES string of the molecule is CCCS(=O)(=O)N1CCN(C2(CNC(=O)c3ccccc3)CCCCC(C)C2)CC1.Cl. The second-order valence-corrected chi connectivity index (χ2v) is 11.1. The zero-order valence-electron chi connectivity index (χ0n) is 18.9. The Kier molecular flexibility index (Phi) is 9.80. The largest absolute Gasteiger partial charge is 0.350 e. The molecule has 6 nitrogen and oxygen atoms in total. The molecular weight excluding hydrogens is 434 g/mol. The van der Waals surface area contributed by atoms with Gasteiger partial charge in [0.25, 0.3) is 5.91 Å². The summed E-state index contributed by atoms with van der Waals surface area (Å²) in [5.41, 5.74) is 0.589. The Morgan fingerprint density at radius 3 is 2.45 bits per heavy atom. The summed E-state index contributed by atoms with van der Waals surface area (Å²) in [6, 6.07) is 9.37. The van der Waals surface area contributed by atoms with Gasteiger partial charge in [-0.2, -0.15) is 4.31 Å². The molecule has 31 heavy (non-hydrogen) atoms. The maximum Gasteiger partial charge on any atom is 0.251 e. The molecule has 8 heteroatoms. The summed E-state index contributed by atoms with van der Waals surface area (Å²) in [6.45, 7) is 7.39. The molecule has 0 bridgehead atoms. The van der Waals surface area contributed by atoms with Crippen LogP contribution in [-0.4, -0.2) is 67.5 Å². The van der Waals surface area contributed by atoms with Crippen LogP contribution in [0.3, 0.4) is 0 Å². The van der Waals surface area contributed by atoms with Gasteiger partial charge < -0.3 is 5.32 Å². The maximum absolute atomic E-state index is 12.7. The van der Waals surface area contributed by atoms with E-state index in [2.05, 4.69) is 17.1 Å². The number of hydrogen-bond donors (Lipinski definition) is 1. The van der Waals surface area contributed by atoms with Crippen molar-refractivity contribution >= 4 is 28.3 Å². The molecule has 1 aromatic carbocycles. The Balaban J connectivity index is 0.00000341. The van der Waals surface area contributed by atoms with Crippen LogP contribution in [0.1, 0.15) is 62.7 Å². The fraction of sp³-hybridized carbons (Fsp3) is 0.696. The highest BCUT2D eigenvalue weighted by molar-refractivity contribution is 7.89. The predicted molar refractivity (Wildman–Crippen MR) is 128 cm³/mol. The zero-order chi connectivity index (χ0) is 21.6. The van der Waals surface area contributed by atoms with Gasteiger partial charge in [-0.15, -0.1) is 12.4 Å². The summed E-state index contributed by atoms with van der Waals surface area (Å²) >= 11 is 0. The van der Waals surface area contributed by atoms with Gasteiger partial charge in [0.05, 0.1) is 5.75 Å². The van der Waals surface area contributed by atoms with Crippen LogP contribution >= 0.6 is 12.4 Å². The zero-order valence-corrected chi connectivity index (χ0v) is 20.5. The van der Waals surface area contributed by atoms with Gasteiger partial charge in [0.2, 0.25) is 10.0 Å². The third-order valence-corrected chi connectivity index (χ3v) is 8.77. The number of benzene rings is 1. The second-order valence-electron chi connectivity index (χ2n) is 9.03.